The number of carbonyl (C=O) groups excluding carboxylic acids is 1. The van der Waals surface area contributed by atoms with Gasteiger partial charge in [0.1, 0.15) is 11.4 Å². The van der Waals surface area contributed by atoms with Crippen LogP contribution in [0.2, 0.25) is 0 Å². The zero-order valence-corrected chi connectivity index (χ0v) is 17.3. The Kier molecular flexibility index (Phi) is 6.82. The summed E-state index contributed by atoms with van der Waals surface area (Å²) in [6, 6.07) is 12.8. The summed E-state index contributed by atoms with van der Waals surface area (Å²) in [7, 11) is -3.28. The van der Waals surface area contributed by atoms with E-state index < -0.39 is 21.5 Å². The number of ether oxygens (including phenoxy) is 1. The number of hydrogen-bond acceptors (Lipinski definition) is 4. The molecule has 1 amide bonds. The standard InChI is InChI=1S/C21H26FNO4S/c1-21(2,3)27-20(24)23-14-13-19(15-5-9-17(22)10-6-15)16-7-11-18(12-8-16)28(4,25)26/h5-12,19H,13-14H2,1-4H3,(H,23,24)/t19-/m1/s1. The molecule has 0 aliphatic carbocycles. The minimum Gasteiger partial charge on any atom is -0.444 e. The molecular formula is C21H26FNO4S. The second-order valence-corrected chi connectivity index (χ2v) is 9.68. The summed E-state index contributed by atoms with van der Waals surface area (Å²) in [4.78, 5) is 12.1. The summed E-state index contributed by atoms with van der Waals surface area (Å²) >= 11 is 0. The average Bonchev–Trinajstić information content (AvgIpc) is 2.58. The highest BCUT2D eigenvalue weighted by Gasteiger charge is 2.18. The summed E-state index contributed by atoms with van der Waals surface area (Å²) < 4.78 is 41.9. The van der Waals surface area contributed by atoms with Crippen molar-refractivity contribution in [3.8, 4) is 0 Å². The minimum absolute atomic E-state index is 0.135. The van der Waals surface area contributed by atoms with E-state index in [-0.39, 0.29) is 16.6 Å². The van der Waals surface area contributed by atoms with Crippen LogP contribution in [0.5, 0.6) is 0 Å². The molecule has 152 valence electrons. The monoisotopic (exact) mass is 407 g/mol. The van der Waals surface area contributed by atoms with Crippen LogP contribution in [0.15, 0.2) is 53.4 Å². The number of amides is 1. The van der Waals surface area contributed by atoms with Crippen molar-refractivity contribution in [3.05, 3.63) is 65.5 Å². The van der Waals surface area contributed by atoms with Crippen molar-refractivity contribution in [1.82, 2.24) is 5.32 Å². The molecule has 2 rings (SSSR count). The summed E-state index contributed by atoms with van der Waals surface area (Å²) in [6.07, 6.45) is 1.20. The maximum Gasteiger partial charge on any atom is 0.407 e. The lowest BCUT2D eigenvalue weighted by molar-refractivity contribution is 0.0526. The molecule has 0 fully saturated rings. The second kappa shape index (κ2) is 8.73. The maximum absolute atomic E-state index is 13.3. The normalized spacial score (nSPS) is 13.0. The largest absolute Gasteiger partial charge is 0.444 e. The number of rotatable bonds is 6. The molecule has 0 saturated heterocycles. The third-order valence-electron chi connectivity index (χ3n) is 4.08. The molecule has 0 spiro atoms. The van der Waals surface area contributed by atoms with E-state index in [9.17, 15) is 17.6 Å². The second-order valence-electron chi connectivity index (χ2n) is 7.66. The average molecular weight is 408 g/mol. The molecule has 28 heavy (non-hydrogen) atoms. The lowest BCUT2D eigenvalue weighted by Crippen LogP contribution is -2.33. The zero-order chi connectivity index (χ0) is 20.9. The summed E-state index contributed by atoms with van der Waals surface area (Å²) in [5.74, 6) is -0.467. The summed E-state index contributed by atoms with van der Waals surface area (Å²) in [6.45, 7) is 5.72. The van der Waals surface area contributed by atoms with Crippen LogP contribution in [-0.4, -0.2) is 32.9 Å². The van der Waals surface area contributed by atoms with E-state index in [2.05, 4.69) is 5.32 Å². The molecule has 5 nitrogen and oxygen atoms in total. The van der Waals surface area contributed by atoms with Crippen molar-refractivity contribution >= 4 is 15.9 Å². The highest BCUT2D eigenvalue weighted by Crippen LogP contribution is 2.29. The quantitative estimate of drug-likeness (QED) is 0.776. The van der Waals surface area contributed by atoms with E-state index in [1.165, 1.54) is 12.1 Å². The predicted octanol–water partition coefficient (Wildman–Crippen LogP) is 4.28. The SMILES string of the molecule is CC(C)(C)OC(=O)NCC[C@H](c1ccc(F)cc1)c1ccc(S(C)(=O)=O)cc1. The van der Waals surface area contributed by atoms with Gasteiger partial charge in [-0.1, -0.05) is 24.3 Å². The fraction of sp³-hybridized carbons (Fsp3) is 0.381. The van der Waals surface area contributed by atoms with Gasteiger partial charge in [0.2, 0.25) is 0 Å². The molecule has 0 radical (unpaired) electrons. The van der Waals surface area contributed by atoms with Gasteiger partial charge >= 0.3 is 6.09 Å². The molecule has 0 bridgehead atoms. The van der Waals surface area contributed by atoms with E-state index >= 15 is 0 Å². The van der Waals surface area contributed by atoms with Crippen molar-refractivity contribution in [2.45, 2.75) is 43.6 Å². The smallest absolute Gasteiger partial charge is 0.407 e. The van der Waals surface area contributed by atoms with Gasteiger partial charge in [-0.3, -0.25) is 0 Å². The van der Waals surface area contributed by atoms with E-state index in [1.54, 1.807) is 57.2 Å². The molecule has 0 aliphatic rings. The number of alkyl carbamates (subject to hydrolysis) is 1. The number of sulfone groups is 1. The van der Waals surface area contributed by atoms with Gasteiger partial charge in [-0.15, -0.1) is 0 Å². The first kappa shape index (κ1) is 21.9. The van der Waals surface area contributed by atoms with Crippen molar-refractivity contribution in [2.75, 3.05) is 12.8 Å². The van der Waals surface area contributed by atoms with Gasteiger partial charge in [0.05, 0.1) is 4.90 Å². The number of hydrogen-bond donors (Lipinski definition) is 1. The van der Waals surface area contributed by atoms with Crippen LogP contribution in [0.25, 0.3) is 0 Å². The van der Waals surface area contributed by atoms with Gasteiger partial charge < -0.3 is 10.1 Å². The molecule has 7 heteroatoms. The molecule has 0 heterocycles. The molecule has 0 saturated carbocycles. The Labute approximate surface area is 165 Å². The first-order valence-corrected chi connectivity index (χ1v) is 10.9. The molecule has 1 atom stereocenters. The Morgan fingerprint density at radius 1 is 1.04 bits per heavy atom. The molecule has 2 aromatic carbocycles. The molecule has 0 aliphatic heterocycles. The van der Waals surface area contributed by atoms with Gasteiger partial charge in [-0.2, -0.15) is 0 Å². The van der Waals surface area contributed by atoms with E-state index in [0.29, 0.717) is 13.0 Å². The highest BCUT2D eigenvalue weighted by molar-refractivity contribution is 7.90. The highest BCUT2D eigenvalue weighted by atomic mass is 32.2. The van der Waals surface area contributed by atoms with Crippen LogP contribution in [0.1, 0.15) is 44.2 Å². The Hall–Kier alpha value is -2.41. The van der Waals surface area contributed by atoms with E-state index in [0.717, 1.165) is 17.4 Å². The lowest BCUT2D eigenvalue weighted by Gasteiger charge is -2.21. The van der Waals surface area contributed by atoms with Gasteiger partial charge in [-0.05, 0) is 62.6 Å². The van der Waals surface area contributed by atoms with Gasteiger partial charge in [-0.25, -0.2) is 17.6 Å². The molecule has 0 aromatic heterocycles. The summed E-state index contributed by atoms with van der Waals surface area (Å²) in [5, 5.41) is 2.73. The van der Waals surface area contributed by atoms with Crippen LogP contribution >= 0.6 is 0 Å². The van der Waals surface area contributed by atoms with E-state index in [4.69, 9.17) is 4.74 Å². The van der Waals surface area contributed by atoms with Crippen molar-refractivity contribution in [3.63, 3.8) is 0 Å². The fourth-order valence-corrected chi connectivity index (χ4v) is 3.43. The first-order chi connectivity index (χ1) is 13.0. The molecule has 1 N–H and O–H groups in total. The number of nitrogens with one attached hydrogen (secondary N) is 1. The van der Waals surface area contributed by atoms with Crippen LogP contribution in [0, 0.1) is 5.82 Å². The number of benzene rings is 2. The lowest BCUT2D eigenvalue weighted by atomic mass is 9.88. The molecule has 2 aromatic rings. The third kappa shape index (κ3) is 6.64. The topological polar surface area (TPSA) is 72.5 Å². The van der Waals surface area contributed by atoms with Crippen LogP contribution < -0.4 is 5.32 Å². The Balaban J connectivity index is 2.18. The van der Waals surface area contributed by atoms with Gasteiger partial charge in [0.25, 0.3) is 0 Å². The number of carbonyl (C=O) groups is 1. The van der Waals surface area contributed by atoms with Crippen LogP contribution in [0.4, 0.5) is 9.18 Å². The summed E-state index contributed by atoms with van der Waals surface area (Å²) in [5.41, 5.74) is 1.17. The van der Waals surface area contributed by atoms with Crippen LogP contribution in [0.3, 0.4) is 0 Å². The van der Waals surface area contributed by atoms with Crippen LogP contribution in [-0.2, 0) is 14.6 Å². The van der Waals surface area contributed by atoms with Gasteiger partial charge in [0, 0.05) is 18.7 Å². The maximum atomic E-state index is 13.3. The minimum atomic E-state index is -3.28. The zero-order valence-electron chi connectivity index (χ0n) is 16.5. The molecular weight excluding hydrogens is 381 g/mol. The Morgan fingerprint density at radius 3 is 2.00 bits per heavy atom. The van der Waals surface area contributed by atoms with Crippen molar-refractivity contribution < 1.29 is 22.3 Å². The van der Waals surface area contributed by atoms with Crippen molar-refractivity contribution in [2.24, 2.45) is 0 Å². The third-order valence-corrected chi connectivity index (χ3v) is 5.21. The van der Waals surface area contributed by atoms with Gasteiger partial charge in [0.15, 0.2) is 9.84 Å². The Morgan fingerprint density at radius 2 is 1.54 bits per heavy atom. The number of halogens is 1. The first-order valence-electron chi connectivity index (χ1n) is 8.98. The fourth-order valence-electron chi connectivity index (χ4n) is 2.80. The predicted molar refractivity (Wildman–Crippen MR) is 107 cm³/mol. The molecule has 0 unspecified atom stereocenters. The van der Waals surface area contributed by atoms with E-state index in [1.807, 2.05) is 0 Å². The Bertz CT molecular complexity index is 901. The van der Waals surface area contributed by atoms with Crippen molar-refractivity contribution in [1.29, 1.82) is 0 Å².